The second-order valence-corrected chi connectivity index (χ2v) is 5.25. The summed E-state index contributed by atoms with van der Waals surface area (Å²) < 4.78 is 0. The van der Waals surface area contributed by atoms with Gasteiger partial charge < -0.3 is 15.3 Å². The first-order valence-corrected chi connectivity index (χ1v) is 7.43. The molecule has 0 aliphatic heterocycles. The van der Waals surface area contributed by atoms with Crippen molar-refractivity contribution in [3.8, 4) is 0 Å². The van der Waals surface area contributed by atoms with E-state index in [1.165, 1.54) is 0 Å². The Morgan fingerprint density at radius 1 is 1.04 bits per heavy atom. The Morgan fingerprint density at radius 2 is 1.58 bits per heavy atom. The van der Waals surface area contributed by atoms with Gasteiger partial charge in [-0.1, -0.05) is 60.7 Å². The quantitative estimate of drug-likeness (QED) is 0.839. The largest absolute Gasteiger partial charge is 0.465 e. The topological polar surface area (TPSA) is 69.6 Å². The highest BCUT2D eigenvalue weighted by atomic mass is 35.5. The first-order valence-electron chi connectivity index (χ1n) is 7.43. The van der Waals surface area contributed by atoms with Crippen LogP contribution in [0.2, 0.25) is 0 Å². The molecule has 2 N–H and O–H groups in total. The summed E-state index contributed by atoms with van der Waals surface area (Å²) in [7, 11) is 0. The molecule has 0 radical (unpaired) electrons. The van der Waals surface area contributed by atoms with E-state index in [2.05, 4.69) is 5.32 Å². The first-order chi connectivity index (χ1) is 11.1. The lowest BCUT2D eigenvalue weighted by atomic mass is 10.1. The summed E-state index contributed by atoms with van der Waals surface area (Å²) in [5, 5.41) is 10.9. The van der Waals surface area contributed by atoms with Gasteiger partial charge in [0.15, 0.2) is 0 Å². The maximum Gasteiger partial charge on any atom is 0.405 e. The van der Waals surface area contributed by atoms with Crippen LogP contribution < -0.4 is 5.32 Å². The first kappa shape index (κ1) is 19.5. The van der Waals surface area contributed by atoms with E-state index in [1.807, 2.05) is 67.6 Å². The normalized spacial score (nSPS) is 11.0. The van der Waals surface area contributed by atoms with Gasteiger partial charge in [0.1, 0.15) is 6.54 Å². The summed E-state index contributed by atoms with van der Waals surface area (Å²) in [5.74, 6) is -0.257. The van der Waals surface area contributed by atoms with Crippen LogP contribution in [0.3, 0.4) is 0 Å². The number of carboxylic acid groups (broad SMARTS) is 1. The minimum atomic E-state index is -1.20. The highest BCUT2D eigenvalue weighted by Gasteiger charge is 2.22. The number of carbonyl (C=O) groups is 2. The lowest BCUT2D eigenvalue weighted by molar-refractivity contribution is -0.133. The van der Waals surface area contributed by atoms with Crippen LogP contribution in [0.1, 0.15) is 24.1 Å². The number of amides is 2. The van der Waals surface area contributed by atoms with E-state index in [-0.39, 0.29) is 30.9 Å². The van der Waals surface area contributed by atoms with Crippen LogP contribution in [0, 0.1) is 0 Å². The van der Waals surface area contributed by atoms with Crippen LogP contribution in [0.5, 0.6) is 0 Å². The fourth-order valence-electron chi connectivity index (χ4n) is 2.39. The van der Waals surface area contributed by atoms with Crippen molar-refractivity contribution < 1.29 is 14.7 Å². The van der Waals surface area contributed by atoms with Crippen molar-refractivity contribution in [2.45, 2.75) is 19.5 Å². The molecule has 0 saturated carbocycles. The van der Waals surface area contributed by atoms with E-state index in [0.717, 1.165) is 11.1 Å². The van der Waals surface area contributed by atoms with Crippen molar-refractivity contribution in [1.29, 1.82) is 0 Å². The standard InChI is InChI=1S/C18H20N2O3.ClH/c1-14(16-10-6-3-7-11-16)20(17(21)12-19-18(22)23)13-15-8-4-2-5-9-15;/h2-11,14,19H,12-13H2,1H3,(H,22,23);1H/t14-;/m0./s1. The molecule has 0 aromatic heterocycles. The molecule has 2 rings (SSSR count). The average Bonchev–Trinajstić information content (AvgIpc) is 2.58. The minimum absolute atomic E-state index is 0. The van der Waals surface area contributed by atoms with E-state index in [9.17, 15) is 9.59 Å². The highest BCUT2D eigenvalue weighted by molar-refractivity contribution is 5.85. The summed E-state index contributed by atoms with van der Waals surface area (Å²) in [6.07, 6.45) is -1.20. The maximum atomic E-state index is 12.5. The zero-order valence-electron chi connectivity index (χ0n) is 13.4. The van der Waals surface area contributed by atoms with E-state index in [4.69, 9.17) is 5.11 Å². The van der Waals surface area contributed by atoms with Crippen molar-refractivity contribution in [1.82, 2.24) is 10.2 Å². The van der Waals surface area contributed by atoms with Gasteiger partial charge in [-0.2, -0.15) is 0 Å². The second kappa shape index (κ2) is 9.57. The molecule has 0 heterocycles. The van der Waals surface area contributed by atoms with Gasteiger partial charge in [0.05, 0.1) is 6.04 Å². The van der Waals surface area contributed by atoms with E-state index >= 15 is 0 Å². The van der Waals surface area contributed by atoms with Crippen LogP contribution in [0.25, 0.3) is 0 Å². The van der Waals surface area contributed by atoms with Crippen molar-refractivity contribution >= 4 is 24.4 Å². The Labute approximate surface area is 147 Å². The molecule has 0 unspecified atom stereocenters. The smallest absolute Gasteiger partial charge is 0.405 e. The SMILES string of the molecule is C[C@@H](c1ccccc1)N(Cc1ccccc1)C(=O)CNC(=O)O.Cl. The lowest BCUT2D eigenvalue weighted by Gasteiger charge is -2.30. The molecule has 6 heteroatoms. The van der Waals surface area contributed by atoms with E-state index in [0.29, 0.717) is 6.54 Å². The number of nitrogens with one attached hydrogen (secondary N) is 1. The average molecular weight is 349 g/mol. The van der Waals surface area contributed by atoms with Gasteiger partial charge in [-0.25, -0.2) is 4.79 Å². The molecular weight excluding hydrogens is 328 g/mol. The van der Waals surface area contributed by atoms with Crippen LogP contribution >= 0.6 is 12.4 Å². The van der Waals surface area contributed by atoms with Gasteiger partial charge in [0.25, 0.3) is 0 Å². The van der Waals surface area contributed by atoms with Gasteiger partial charge in [0, 0.05) is 6.54 Å². The molecule has 2 amide bonds. The Kier molecular flexibility index (Phi) is 7.79. The van der Waals surface area contributed by atoms with Crippen molar-refractivity contribution in [2.75, 3.05) is 6.54 Å². The molecule has 0 fully saturated rings. The zero-order chi connectivity index (χ0) is 16.7. The number of hydrogen-bond donors (Lipinski definition) is 2. The summed E-state index contributed by atoms with van der Waals surface area (Å²) in [4.78, 5) is 24.8. The molecule has 1 atom stereocenters. The number of carbonyl (C=O) groups excluding carboxylic acids is 1. The van der Waals surface area contributed by atoms with Gasteiger partial charge in [0.2, 0.25) is 5.91 Å². The number of halogens is 1. The number of nitrogens with zero attached hydrogens (tertiary/aromatic N) is 1. The minimum Gasteiger partial charge on any atom is -0.465 e. The Balaban J connectivity index is 0.00000288. The molecule has 0 aliphatic rings. The van der Waals surface area contributed by atoms with E-state index < -0.39 is 6.09 Å². The second-order valence-electron chi connectivity index (χ2n) is 5.25. The predicted molar refractivity (Wildman–Crippen MR) is 95.1 cm³/mol. The molecule has 0 aliphatic carbocycles. The fraction of sp³-hybridized carbons (Fsp3) is 0.222. The Hall–Kier alpha value is -2.53. The van der Waals surface area contributed by atoms with Crippen LogP contribution in [0.4, 0.5) is 4.79 Å². The van der Waals surface area contributed by atoms with Gasteiger partial charge in [-0.05, 0) is 18.1 Å². The Bertz CT molecular complexity index is 650. The molecule has 2 aromatic carbocycles. The van der Waals surface area contributed by atoms with Crippen molar-refractivity contribution in [3.05, 3.63) is 71.8 Å². The van der Waals surface area contributed by atoms with Crippen molar-refractivity contribution in [2.24, 2.45) is 0 Å². The summed E-state index contributed by atoms with van der Waals surface area (Å²) in [5.41, 5.74) is 2.01. The third-order valence-corrected chi connectivity index (χ3v) is 3.66. The van der Waals surface area contributed by atoms with Gasteiger partial charge in [-0.3, -0.25) is 4.79 Å². The Morgan fingerprint density at radius 3 is 2.12 bits per heavy atom. The van der Waals surface area contributed by atoms with Crippen molar-refractivity contribution in [3.63, 3.8) is 0 Å². The van der Waals surface area contributed by atoms with Gasteiger partial charge in [-0.15, -0.1) is 12.4 Å². The maximum absolute atomic E-state index is 12.5. The summed E-state index contributed by atoms with van der Waals surface area (Å²) in [6.45, 7) is 2.13. The number of benzene rings is 2. The van der Waals surface area contributed by atoms with Gasteiger partial charge >= 0.3 is 6.09 Å². The molecular formula is C18H21ClN2O3. The number of rotatable bonds is 6. The molecule has 2 aromatic rings. The summed E-state index contributed by atoms with van der Waals surface area (Å²) >= 11 is 0. The predicted octanol–water partition coefficient (Wildman–Crippen LogP) is 3.47. The van der Waals surface area contributed by atoms with Crippen LogP contribution in [-0.4, -0.2) is 28.6 Å². The molecule has 24 heavy (non-hydrogen) atoms. The molecule has 0 bridgehead atoms. The highest BCUT2D eigenvalue weighted by Crippen LogP contribution is 2.22. The third kappa shape index (κ3) is 5.59. The molecule has 128 valence electrons. The monoisotopic (exact) mass is 348 g/mol. The fourth-order valence-corrected chi connectivity index (χ4v) is 2.39. The van der Waals surface area contributed by atoms with E-state index in [1.54, 1.807) is 4.90 Å². The molecule has 0 spiro atoms. The lowest BCUT2D eigenvalue weighted by Crippen LogP contribution is -2.40. The molecule has 0 saturated heterocycles. The van der Waals surface area contributed by atoms with Crippen LogP contribution in [0.15, 0.2) is 60.7 Å². The third-order valence-electron chi connectivity index (χ3n) is 3.66. The molecule has 5 nitrogen and oxygen atoms in total. The van der Waals surface area contributed by atoms with Crippen LogP contribution in [-0.2, 0) is 11.3 Å². The summed E-state index contributed by atoms with van der Waals surface area (Å²) in [6, 6.07) is 19.2. The number of hydrogen-bond acceptors (Lipinski definition) is 2. The zero-order valence-corrected chi connectivity index (χ0v) is 14.2.